The molecule has 0 radical (unpaired) electrons. The highest BCUT2D eigenvalue weighted by atomic mass is 35.5. The molecule has 98 valence electrons. The third-order valence-electron chi connectivity index (χ3n) is 2.94. The van der Waals surface area contributed by atoms with E-state index in [0.717, 1.165) is 17.4 Å². The average molecular weight is 284 g/mol. The molecule has 0 fully saturated rings. The lowest BCUT2D eigenvalue weighted by Crippen LogP contribution is -2.19. The summed E-state index contributed by atoms with van der Waals surface area (Å²) >= 11 is 7.52. The van der Waals surface area contributed by atoms with E-state index in [4.69, 9.17) is 11.6 Å². The highest BCUT2D eigenvalue weighted by Gasteiger charge is 2.06. The molecule has 18 heavy (non-hydrogen) atoms. The minimum absolute atomic E-state index is 0.377. The second-order valence-corrected chi connectivity index (χ2v) is 5.91. The number of imidazole rings is 1. The van der Waals surface area contributed by atoms with Gasteiger partial charge in [-0.2, -0.15) is 0 Å². The zero-order valence-corrected chi connectivity index (χ0v) is 12.0. The predicted molar refractivity (Wildman–Crippen MR) is 77.2 cm³/mol. The van der Waals surface area contributed by atoms with Gasteiger partial charge in [0, 0.05) is 25.0 Å². The van der Waals surface area contributed by atoms with Crippen LogP contribution >= 0.6 is 22.9 Å². The third-order valence-corrected chi connectivity index (χ3v) is 4.05. The van der Waals surface area contributed by atoms with Gasteiger partial charge in [-0.05, 0) is 43.3 Å². The van der Waals surface area contributed by atoms with Crippen molar-refractivity contribution in [2.45, 2.75) is 32.4 Å². The molecule has 2 aromatic rings. The molecule has 2 aromatic heterocycles. The molecule has 0 amide bonds. The van der Waals surface area contributed by atoms with Crippen molar-refractivity contribution < 1.29 is 0 Å². The average Bonchev–Trinajstić information content (AvgIpc) is 2.99. The number of aromatic nitrogens is 2. The van der Waals surface area contributed by atoms with Crippen LogP contribution in [-0.2, 0) is 6.54 Å². The van der Waals surface area contributed by atoms with Crippen molar-refractivity contribution in [1.29, 1.82) is 0 Å². The Bertz CT molecular complexity index is 453. The summed E-state index contributed by atoms with van der Waals surface area (Å²) in [7, 11) is 0. The number of nitrogens with one attached hydrogen (secondary N) is 1. The summed E-state index contributed by atoms with van der Waals surface area (Å²) in [6, 6.07) is 2.41. The van der Waals surface area contributed by atoms with E-state index in [1.54, 1.807) is 11.3 Å². The number of hydrogen-bond acceptors (Lipinski definition) is 3. The van der Waals surface area contributed by atoms with Gasteiger partial charge in [0.25, 0.3) is 0 Å². The Hall–Kier alpha value is -0.840. The monoisotopic (exact) mass is 283 g/mol. The molecule has 3 nitrogen and oxygen atoms in total. The number of thiophene rings is 1. The summed E-state index contributed by atoms with van der Waals surface area (Å²) in [6.07, 6.45) is 8.02. The smallest absolute Gasteiger partial charge is 0.0945 e. The molecule has 0 bridgehead atoms. The van der Waals surface area contributed by atoms with Gasteiger partial charge in [0.1, 0.15) is 0 Å². The molecule has 0 aliphatic rings. The summed E-state index contributed by atoms with van der Waals surface area (Å²) in [6.45, 7) is 4.25. The topological polar surface area (TPSA) is 29.9 Å². The van der Waals surface area contributed by atoms with E-state index < -0.39 is 0 Å². The van der Waals surface area contributed by atoms with E-state index in [2.05, 4.69) is 27.2 Å². The van der Waals surface area contributed by atoms with Gasteiger partial charge in [-0.25, -0.2) is 4.98 Å². The van der Waals surface area contributed by atoms with Gasteiger partial charge < -0.3 is 9.88 Å². The van der Waals surface area contributed by atoms with E-state index in [1.165, 1.54) is 18.4 Å². The second kappa shape index (κ2) is 6.92. The highest BCUT2D eigenvalue weighted by molar-refractivity contribution is 7.14. The molecular weight excluding hydrogens is 266 g/mol. The van der Waals surface area contributed by atoms with Gasteiger partial charge in [-0.3, -0.25) is 0 Å². The fourth-order valence-corrected chi connectivity index (χ4v) is 2.81. The lowest BCUT2D eigenvalue weighted by molar-refractivity contribution is 0.524. The third kappa shape index (κ3) is 4.12. The molecule has 1 unspecified atom stereocenters. The fourth-order valence-electron chi connectivity index (χ4n) is 1.83. The minimum atomic E-state index is 0.377. The van der Waals surface area contributed by atoms with E-state index in [9.17, 15) is 0 Å². The van der Waals surface area contributed by atoms with E-state index >= 15 is 0 Å². The Morgan fingerprint density at radius 1 is 1.50 bits per heavy atom. The van der Waals surface area contributed by atoms with Crippen molar-refractivity contribution in [2.75, 3.05) is 6.54 Å². The molecule has 0 saturated carbocycles. The van der Waals surface area contributed by atoms with E-state index in [1.807, 2.05) is 24.8 Å². The number of rotatable bonds is 7. The van der Waals surface area contributed by atoms with Crippen LogP contribution in [0.1, 0.15) is 31.4 Å². The van der Waals surface area contributed by atoms with E-state index in [0.29, 0.717) is 6.04 Å². The van der Waals surface area contributed by atoms with Crippen molar-refractivity contribution in [3.63, 3.8) is 0 Å². The maximum atomic E-state index is 5.93. The maximum absolute atomic E-state index is 5.93. The highest BCUT2D eigenvalue weighted by Crippen LogP contribution is 2.24. The Labute approximate surface area is 117 Å². The number of unbranched alkanes of at least 4 members (excludes halogenated alkanes) is 1. The van der Waals surface area contributed by atoms with Crippen LogP contribution in [0.2, 0.25) is 4.34 Å². The maximum Gasteiger partial charge on any atom is 0.0945 e. The van der Waals surface area contributed by atoms with Crippen LogP contribution in [0.5, 0.6) is 0 Å². The van der Waals surface area contributed by atoms with Gasteiger partial charge in [0.15, 0.2) is 0 Å². The molecule has 0 aliphatic carbocycles. The SMILES string of the molecule is CC(NCCCCn1ccnc1)c1csc(Cl)c1. The molecule has 2 heterocycles. The molecule has 0 aromatic carbocycles. The second-order valence-electron chi connectivity index (χ2n) is 4.37. The Kier molecular flexibility index (Phi) is 5.23. The van der Waals surface area contributed by atoms with Crippen molar-refractivity contribution in [3.8, 4) is 0 Å². The van der Waals surface area contributed by atoms with Gasteiger partial charge in [-0.1, -0.05) is 11.6 Å². The normalized spacial score (nSPS) is 12.8. The van der Waals surface area contributed by atoms with Crippen LogP contribution in [0, 0.1) is 0 Å². The standard InChI is InChI=1S/C13H18ClN3S/c1-11(12-8-13(14)18-9-12)16-4-2-3-6-17-7-5-15-10-17/h5,7-11,16H,2-4,6H2,1H3. The summed E-state index contributed by atoms with van der Waals surface area (Å²) in [5.74, 6) is 0. The van der Waals surface area contributed by atoms with Crippen LogP contribution < -0.4 is 5.32 Å². The van der Waals surface area contributed by atoms with Crippen molar-refractivity contribution in [2.24, 2.45) is 0 Å². The number of halogens is 1. The van der Waals surface area contributed by atoms with Crippen molar-refractivity contribution in [1.82, 2.24) is 14.9 Å². The molecule has 2 rings (SSSR count). The zero-order valence-electron chi connectivity index (χ0n) is 10.5. The van der Waals surface area contributed by atoms with Crippen molar-refractivity contribution in [3.05, 3.63) is 40.1 Å². The Balaban J connectivity index is 1.60. The minimum Gasteiger partial charge on any atom is -0.337 e. The van der Waals surface area contributed by atoms with Gasteiger partial charge in [0.2, 0.25) is 0 Å². The summed E-state index contributed by atoms with van der Waals surface area (Å²) in [5, 5.41) is 5.63. The molecule has 5 heteroatoms. The van der Waals surface area contributed by atoms with Crippen molar-refractivity contribution >= 4 is 22.9 Å². The first-order valence-electron chi connectivity index (χ1n) is 6.19. The number of aryl methyl sites for hydroxylation is 1. The van der Waals surface area contributed by atoms with E-state index in [-0.39, 0.29) is 0 Å². The van der Waals surface area contributed by atoms with Crippen LogP contribution in [0.15, 0.2) is 30.2 Å². The summed E-state index contributed by atoms with van der Waals surface area (Å²) in [4.78, 5) is 4.03. The van der Waals surface area contributed by atoms with Gasteiger partial charge in [-0.15, -0.1) is 11.3 Å². The molecule has 1 atom stereocenters. The van der Waals surface area contributed by atoms with Gasteiger partial charge in [0.05, 0.1) is 10.7 Å². The lowest BCUT2D eigenvalue weighted by atomic mass is 10.2. The van der Waals surface area contributed by atoms with Crippen LogP contribution in [0.25, 0.3) is 0 Å². The van der Waals surface area contributed by atoms with Crippen LogP contribution in [0.4, 0.5) is 0 Å². The lowest BCUT2D eigenvalue weighted by Gasteiger charge is -2.12. The predicted octanol–water partition coefficient (Wildman–Crippen LogP) is 3.73. The van der Waals surface area contributed by atoms with Gasteiger partial charge >= 0.3 is 0 Å². The number of nitrogens with zero attached hydrogens (tertiary/aromatic N) is 2. The summed E-state index contributed by atoms with van der Waals surface area (Å²) < 4.78 is 2.97. The van der Waals surface area contributed by atoms with Crippen LogP contribution in [-0.4, -0.2) is 16.1 Å². The molecule has 0 saturated heterocycles. The first kappa shape index (κ1) is 13.6. The first-order chi connectivity index (χ1) is 8.75. The Morgan fingerprint density at radius 2 is 2.39 bits per heavy atom. The quantitative estimate of drug-likeness (QED) is 0.785. The Morgan fingerprint density at radius 3 is 3.06 bits per heavy atom. The largest absolute Gasteiger partial charge is 0.337 e. The number of hydrogen-bond donors (Lipinski definition) is 1. The molecule has 0 aliphatic heterocycles. The molecular formula is C13H18ClN3S. The zero-order chi connectivity index (χ0) is 12.8. The molecule has 1 N–H and O–H groups in total. The van der Waals surface area contributed by atoms with Crippen LogP contribution in [0.3, 0.4) is 0 Å². The first-order valence-corrected chi connectivity index (χ1v) is 7.44. The summed E-state index contributed by atoms with van der Waals surface area (Å²) in [5.41, 5.74) is 1.28. The fraction of sp³-hybridized carbons (Fsp3) is 0.462. The molecule has 0 spiro atoms.